The van der Waals surface area contributed by atoms with Crippen LogP contribution in [0.15, 0.2) is 53.0 Å². The summed E-state index contributed by atoms with van der Waals surface area (Å²) in [4.78, 5) is 0. The van der Waals surface area contributed by atoms with Crippen LogP contribution in [-0.4, -0.2) is 5.88 Å². The standard InChI is InChI=1S/C15H13BrClF/c16-14-6-4-11(5-7-14)8-13(10-17)12-2-1-3-15(18)9-12/h1-7,9,13H,8,10H2. The van der Waals surface area contributed by atoms with Crippen molar-refractivity contribution in [3.63, 3.8) is 0 Å². The molecule has 0 spiro atoms. The van der Waals surface area contributed by atoms with Crippen LogP contribution in [0.3, 0.4) is 0 Å². The summed E-state index contributed by atoms with van der Waals surface area (Å²) in [6, 6.07) is 14.8. The molecule has 0 aliphatic rings. The Morgan fingerprint density at radius 1 is 1.11 bits per heavy atom. The Bertz CT molecular complexity index is 510. The van der Waals surface area contributed by atoms with Gasteiger partial charge in [0.15, 0.2) is 0 Å². The Balaban J connectivity index is 2.17. The molecule has 0 nitrogen and oxygen atoms in total. The van der Waals surface area contributed by atoms with Gasteiger partial charge in [-0.1, -0.05) is 40.2 Å². The van der Waals surface area contributed by atoms with E-state index in [1.165, 1.54) is 11.6 Å². The molecule has 1 atom stereocenters. The smallest absolute Gasteiger partial charge is 0.123 e. The lowest BCUT2D eigenvalue weighted by molar-refractivity contribution is 0.621. The highest BCUT2D eigenvalue weighted by molar-refractivity contribution is 9.10. The molecule has 0 heterocycles. The average Bonchev–Trinajstić information content (AvgIpc) is 2.38. The zero-order valence-electron chi connectivity index (χ0n) is 9.74. The molecule has 0 saturated carbocycles. The number of hydrogen-bond donors (Lipinski definition) is 0. The van der Waals surface area contributed by atoms with Crippen molar-refractivity contribution in [2.45, 2.75) is 12.3 Å². The van der Waals surface area contributed by atoms with Crippen molar-refractivity contribution in [1.82, 2.24) is 0 Å². The minimum atomic E-state index is -0.210. The largest absolute Gasteiger partial charge is 0.207 e. The second-order valence-electron chi connectivity index (χ2n) is 4.24. The van der Waals surface area contributed by atoms with Crippen molar-refractivity contribution in [3.05, 3.63) is 69.9 Å². The zero-order valence-corrected chi connectivity index (χ0v) is 12.1. The van der Waals surface area contributed by atoms with Crippen molar-refractivity contribution >= 4 is 27.5 Å². The highest BCUT2D eigenvalue weighted by Crippen LogP contribution is 2.24. The van der Waals surface area contributed by atoms with E-state index >= 15 is 0 Å². The van der Waals surface area contributed by atoms with Crippen LogP contribution in [0.1, 0.15) is 17.0 Å². The van der Waals surface area contributed by atoms with Crippen LogP contribution in [-0.2, 0) is 6.42 Å². The third kappa shape index (κ3) is 3.56. The molecular weight excluding hydrogens is 315 g/mol. The summed E-state index contributed by atoms with van der Waals surface area (Å²) in [6.07, 6.45) is 0.820. The maximum absolute atomic E-state index is 13.2. The molecule has 0 radical (unpaired) electrons. The summed E-state index contributed by atoms with van der Waals surface area (Å²) < 4.78 is 14.3. The monoisotopic (exact) mass is 326 g/mol. The molecule has 0 N–H and O–H groups in total. The van der Waals surface area contributed by atoms with Gasteiger partial charge in [-0.3, -0.25) is 0 Å². The van der Waals surface area contributed by atoms with E-state index in [1.807, 2.05) is 18.2 Å². The number of alkyl halides is 1. The Morgan fingerprint density at radius 2 is 1.83 bits per heavy atom. The molecule has 2 rings (SSSR count). The van der Waals surface area contributed by atoms with Gasteiger partial charge in [-0.05, 0) is 41.8 Å². The van der Waals surface area contributed by atoms with Crippen LogP contribution in [0.2, 0.25) is 0 Å². The highest BCUT2D eigenvalue weighted by atomic mass is 79.9. The van der Waals surface area contributed by atoms with Crippen molar-refractivity contribution in [1.29, 1.82) is 0 Å². The summed E-state index contributed by atoms with van der Waals surface area (Å²) in [6.45, 7) is 0. The summed E-state index contributed by atoms with van der Waals surface area (Å²) in [5.41, 5.74) is 2.15. The average molecular weight is 328 g/mol. The summed E-state index contributed by atoms with van der Waals surface area (Å²) in [7, 11) is 0. The molecule has 2 aromatic carbocycles. The van der Waals surface area contributed by atoms with Crippen LogP contribution in [0, 0.1) is 5.82 Å². The molecule has 3 heteroatoms. The van der Waals surface area contributed by atoms with Gasteiger partial charge in [0, 0.05) is 16.3 Å². The minimum Gasteiger partial charge on any atom is -0.207 e. The Kier molecular flexibility index (Phi) is 4.79. The van der Waals surface area contributed by atoms with Gasteiger partial charge >= 0.3 is 0 Å². The Labute approximate surface area is 120 Å². The van der Waals surface area contributed by atoms with E-state index in [0.717, 1.165) is 16.5 Å². The number of halogens is 3. The molecule has 0 fully saturated rings. The summed E-state index contributed by atoms with van der Waals surface area (Å²) in [5, 5.41) is 0. The van der Waals surface area contributed by atoms with Crippen LogP contribution in [0.5, 0.6) is 0 Å². The van der Waals surface area contributed by atoms with Gasteiger partial charge in [-0.2, -0.15) is 0 Å². The number of benzene rings is 2. The second-order valence-corrected chi connectivity index (χ2v) is 5.46. The van der Waals surface area contributed by atoms with E-state index in [4.69, 9.17) is 11.6 Å². The van der Waals surface area contributed by atoms with Crippen LogP contribution in [0.25, 0.3) is 0 Å². The quantitative estimate of drug-likeness (QED) is 0.681. The molecule has 0 bridgehead atoms. The van der Waals surface area contributed by atoms with Crippen LogP contribution in [0.4, 0.5) is 4.39 Å². The number of rotatable bonds is 4. The molecule has 18 heavy (non-hydrogen) atoms. The maximum atomic E-state index is 13.2. The van der Waals surface area contributed by atoms with Crippen LogP contribution < -0.4 is 0 Å². The third-order valence-electron chi connectivity index (χ3n) is 2.90. The van der Waals surface area contributed by atoms with Gasteiger partial charge in [-0.15, -0.1) is 11.6 Å². The molecule has 1 unspecified atom stereocenters. The van der Waals surface area contributed by atoms with E-state index in [1.54, 1.807) is 12.1 Å². The molecule has 2 aromatic rings. The molecular formula is C15H13BrClF. The first-order chi connectivity index (χ1) is 8.69. The molecule has 0 saturated heterocycles. The predicted molar refractivity (Wildman–Crippen MR) is 77.7 cm³/mol. The van der Waals surface area contributed by atoms with Crippen molar-refractivity contribution < 1.29 is 4.39 Å². The van der Waals surface area contributed by atoms with Gasteiger partial charge in [0.1, 0.15) is 5.82 Å². The predicted octanol–water partition coefficient (Wildman–Crippen LogP) is 5.15. The zero-order chi connectivity index (χ0) is 13.0. The highest BCUT2D eigenvalue weighted by Gasteiger charge is 2.12. The van der Waals surface area contributed by atoms with E-state index in [2.05, 4.69) is 28.1 Å². The lowest BCUT2D eigenvalue weighted by Gasteiger charge is -2.14. The fourth-order valence-electron chi connectivity index (χ4n) is 1.93. The Hall–Kier alpha value is -0.860. The summed E-state index contributed by atoms with van der Waals surface area (Å²) in [5.74, 6) is 0.418. The fourth-order valence-corrected chi connectivity index (χ4v) is 2.48. The molecule has 94 valence electrons. The third-order valence-corrected chi connectivity index (χ3v) is 3.80. The van der Waals surface area contributed by atoms with Crippen LogP contribution >= 0.6 is 27.5 Å². The minimum absolute atomic E-state index is 0.142. The SMILES string of the molecule is Fc1cccc(C(CCl)Cc2ccc(Br)cc2)c1. The fraction of sp³-hybridized carbons (Fsp3) is 0.200. The maximum Gasteiger partial charge on any atom is 0.123 e. The molecule has 0 amide bonds. The van der Waals surface area contributed by atoms with E-state index in [9.17, 15) is 4.39 Å². The summed E-state index contributed by atoms with van der Waals surface area (Å²) >= 11 is 9.41. The second kappa shape index (κ2) is 6.35. The van der Waals surface area contributed by atoms with E-state index in [0.29, 0.717) is 5.88 Å². The normalized spacial score (nSPS) is 12.4. The first kappa shape index (κ1) is 13.6. The van der Waals surface area contributed by atoms with Gasteiger partial charge in [0.25, 0.3) is 0 Å². The van der Waals surface area contributed by atoms with Crippen molar-refractivity contribution in [3.8, 4) is 0 Å². The lowest BCUT2D eigenvalue weighted by Crippen LogP contribution is -2.05. The lowest BCUT2D eigenvalue weighted by atomic mass is 9.93. The topological polar surface area (TPSA) is 0 Å². The molecule has 0 aromatic heterocycles. The van der Waals surface area contributed by atoms with E-state index < -0.39 is 0 Å². The van der Waals surface area contributed by atoms with Gasteiger partial charge in [0.05, 0.1) is 0 Å². The van der Waals surface area contributed by atoms with Gasteiger partial charge in [-0.25, -0.2) is 4.39 Å². The van der Waals surface area contributed by atoms with E-state index in [-0.39, 0.29) is 11.7 Å². The first-order valence-electron chi connectivity index (χ1n) is 5.75. The first-order valence-corrected chi connectivity index (χ1v) is 7.07. The molecule has 0 aliphatic heterocycles. The number of hydrogen-bond acceptors (Lipinski definition) is 0. The van der Waals surface area contributed by atoms with Crippen molar-refractivity contribution in [2.75, 3.05) is 5.88 Å². The van der Waals surface area contributed by atoms with Crippen molar-refractivity contribution in [2.24, 2.45) is 0 Å². The molecule has 0 aliphatic carbocycles. The Morgan fingerprint density at radius 3 is 2.44 bits per heavy atom. The van der Waals surface area contributed by atoms with Gasteiger partial charge < -0.3 is 0 Å². The van der Waals surface area contributed by atoms with Gasteiger partial charge in [0.2, 0.25) is 0 Å².